The molecule has 1 aromatic rings. The summed E-state index contributed by atoms with van der Waals surface area (Å²) in [5.74, 6) is 0.0872. The Morgan fingerprint density at radius 1 is 1.24 bits per heavy atom. The van der Waals surface area contributed by atoms with Crippen molar-refractivity contribution in [1.29, 1.82) is 0 Å². The van der Waals surface area contributed by atoms with Crippen LogP contribution in [0, 0.1) is 0 Å². The Morgan fingerprint density at radius 2 is 1.86 bits per heavy atom. The lowest BCUT2D eigenvalue weighted by molar-refractivity contribution is 0.0602. The molecule has 0 aromatic carbocycles. The molecule has 0 N–H and O–H groups in total. The SMILES string of the molecule is CC(C)N1CCC(N(C)C(=O)c2ccnn2C(C)C)CC1. The highest BCUT2D eigenvalue weighted by Gasteiger charge is 2.28. The van der Waals surface area contributed by atoms with Crippen molar-refractivity contribution in [2.45, 2.75) is 58.7 Å². The number of likely N-dealkylation sites (tertiary alicyclic amines) is 1. The number of nitrogens with zero attached hydrogens (tertiary/aromatic N) is 4. The lowest BCUT2D eigenvalue weighted by Gasteiger charge is -2.38. The van der Waals surface area contributed by atoms with Gasteiger partial charge in [-0.2, -0.15) is 5.10 Å². The third-order valence-corrected chi connectivity index (χ3v) is 4.48. The molecule has 0 aliphatic carbocycles. The van der Waals surface area contributed by atoms with Crippen LogP contribution in [0.5, 0.6) is 0 Å². The van der Waals surface area contributed by atoms with Gasteiger partial charge in [-0.15, -0.1) is 0 Å². The average molecular weight is 292 g/mol. The van der Waals surface area contributed by atoms with Gasteiger partial charge in [0.2, 0.25) is 0 Å². The Morgan fingerprint density at radius 3 is 2.38 bits per heavy atom. The van der Waals surface area contributed by atoms with E-state index >= 15 is 0 Å². The smallest absolute Gasteiger partial charge is 0.272 e. The second-order valence-corrected chi connectivity index (χ2v) is 6.53. The Bertz CT molecular complexity index is 472. The first kappa shape index (κ1) is 16.0. The number of carbonyl (C=O) groups excluding carboxylic acids is 1. The van der Waals surface area contributed by atoms with Crippen molar-refractivity contribution in [3.63, 3.8) is 0 Å². The second-order valence-electron chi connectivity index (χ2n) is 6.53. The van der Waals surface area contributed by atoms with Crippen LogP contribution < -0.4 is 0 Å². The van der Waals surface area contributed by atoms with E-state index in [0.29, 0.717) is 17.8 Å². The molecule has 1 amide bonds. The monoisotopic (exact) mass is 292 g/mol. The van der Waals surface area contributed by atoms with Crippen LogP contribution in [0.3, 0.4) is 0 Å². The van der Waals surface area contributed by atoms with Crippen LogP contribution in [-0.2, 0) is 0 Å². The van der Waals surface area contributed by atoms with Gasteiger partial charge in [-0.3, -0.25) is 9.48 Å². The molecule has 2 rings (SSSR count). The molecule has 5 nitrogen and oxygen atoms in total. The number of carbonyl (C=O) groups is 1. The van der Waals surface area contributed by atoms with Crippen LogP contribution in [0.1, 0.15) is 57.1 Å². The minimum atomic E-state index is 0.0872. The molecule has 0 bridgehead atoms. The van der Waals surface area contributed by atoms with Gasteiger partial charge in [0.25, 0.3) is 5.91 Å². The van der Waals surface area contributed by atoms with E-state index in [1.807, 2.05) is 36.5 Å². The topological polar surface area (TPSA) is 41.4 Å². The molecular weight excluding hydrogens is 264 g/mol. The highest BCUT2D eigenvalue weighted by molar-refractivity contribution is 5.92. The van der Waals surface area contributed by atoms with Gasteiger partial charge in [-0.25, -0.2) is 0 Å². The maximum absolute atomic E-state index is 12.7. The highest BCUT2D eigenvalue weighted by atomic mass is 16.2. The van der Waals surface area contributed by atoms with Gasteiger partial charge in [-0.1, -0.05) is 0 Å². The van der Waals surface area contributed by atoms with Crippen LogP contribution in [-0.4, -0.2) is 57.7 Å². The van der Waals surface area contributed by atoms with E-state index in [9.17, 15) is 4.79 Å². The predicted octanol–water partition coefficient (Wildman–Crippen LogP) is 2.41. The molecule has 0 saturated carbocycles. The van der Waals surface area contributed by atoms with Gasteiger partial charge >= 0.3 is 0 Å². The molecule has 0 spiro atoms. The number of aromatic nitrogens is 2. The molecule has 0 radical (unpaired) electrons. The summed E-state index contributed by atoms with van der Waals surface area (Å²) >= 11 is 0. The molecule has 1 fully saturated rings. The van der Waals surface area contributed by atoms with Gasteiger partial charge in [0, 0.05) is 44.5 Å². The Hall–Kier alpha value is -1.36. The summed E-state index contributed by atoms with van der Waals surface area (Å²) in [5, 5.41) is 4.26. The molecule has 1 saturated heterocycles. The van der Waals surface area contributed by atoms with Gasteiger partial charge in [0.1, 0.15) is 5.69 Å². The first-order valence-electron chi connectivity index (χ1n) is 7.96. The summed E-state index contributed by atoms with van der Waals surface area (Å²) in [4.78, 5) is 17.1. The molecular formula is C16H28N4O. The molecule has 5 heteroatoms. The van der Waals surface area contributed by atoms with Crippen molar-refractivity contribution >= 4 is 5.91 Å². The lowest BCUT2D eigenvalue weighted by atomic mass is 10.0. The first-order chi connectivity index (χ1) is 9.91. The Balaban J connectivity index is 2.02. The summed E-state index contributed by atoms with van der Waals surface area (Å²) in [6.45, 7) is 10.7. The van der Waals surface area contributed by atoms with E-state index < -0.39 is 0 Å². The van der Waals surface area contributed by atoms with E-state index in [1.54, 1.807) is 6.20 Å². The fraction of sp³-hybridized carbons (Fsp3) is 0.750. The summed E-state index contributed by atoms with van der Waals surface area (Å²) in [7, 11) is 1.93. The Labute approximate surface area is 127 Å². The summed E-state index contributed by atoms with van der Waals surface area (Å²) in [6.07, 6.45) is 3.81. The van der Waals surface area contributed by atoms with E-state index in [0.717, 1.165) is 25.9 Å². The lowest BCUT2D eigenvalue weighted by Crippen LogP contribution is -2.47. The van der Waals surface area contributed by atoms with Gasteiger partial charge in [-0.05, 0) is 46.6 Å². The maximum atomic E-state index is 12.7. The summed E-state index contributed by atoms with van der Waals surface area (Å²) < 4.78 is 1.81. The largest absolute Gasteiger partial charge is 0.337 e. The normalized spacial score (nSPS) is 17.7. The average Bonchev–Trinajstić information content (AvgIpc) is 2.95. The molecule has 0 atom stereocenters. The van der Waals surface area contributed by atoms with Crippen molar-refractivity contribution < 1.29 is 4.79 Å². The molecule has 0 unspecified atom stereocenters. The van der Waals surface area contributed by atoms with E-state index in [1.165, 1.54) is 0 Å². The quantitative estimate of drug-likeness (QED) is 0.856. The highest BCUT2D eigenvalue weighted by Crippen LogP contribution is 2.19. The molecule has 1 aliphatic rings. The minimum Gasteiger partial charge on any atom is -0.337 e. The third kappa shape index (κ3) is 3.46. The zero-order valence-corrected chi connectivity index (χ0v) is 13.9. The predicted molar refractivity (Wildman–Crippen MR) is 84.4 cm³/mol. The van der Waals surface area contributed by atoms with E-state index in [4.69, 9.17) is 0 Å². The van der Waals surface area contributed by atoms with E-state index in [2.05, 4.69) is 23.8 Å². The zero-order valence-electron chi connectivity index (χ0n) is 13.9. The molecule has 2 heterocycles. The zero-order chi connectivity index (χ0) is 15.6. The van der Waals surface area contributed by atoms with Crippen molar-refractivity contribution in [1.82, 2.24) is 19.6 Å². The number of amides is 1. The number of rotatable bonds is 4. The summed E-state index contributed by atoms with van der Waals surface area (Å²) in [5.41, 5.74) is 0.693. The minimum absolute atomic E-state index is 0.0872. The fourth-order valence-corrected chi connectivity index (χ4v) is 3.03. The first-order valence-corrected chi connectivity index (χ1v) is 7.96. The Kier molecular flexibility index (Phi) is 5.04. The van der Waals surface area contributed by atoms with Crippen LogP contribution in [0.25, 0.3) is 0 Å². The van der Waals surface area contributed by atoms with Gasteiger partial charge in [0.15, 0.2) is 0 Å². The molecule has 118 valence electrons. The maximum Gasteiger partial charge on any atom is 0.272 e. The standard InChI is InChI=1S/C16H28N4O/c1-12(2)19-10-7-14(8-11-19)18(5)16(21)15-6-9-17-20(15)13(3)4/h6,9,12-14H,7-8,10-11H2,1-5H3. The molecule has 1 aromatic heterocycles. The number of piperidine rings is 1. The fourth-order valence-electron chi connectivity index (χ4n) is 3.03. The van der Waals surface area contributed by atoms with Crippen LogP contribution >= 0.6 is 0 Å². The molecule has 1 aliphatic heterocycles. The second kappa shape index (κ2) is 6.60. The number of hydrogen-bond donors (Lipinski definition) is 0. The van der Waals surface area contributed by atoms with Crippen molar-refractivity contribution in [2.24, 2.45) is 0 Å². The summed E-state index contributed by atoms with van der Waals surface area (Å²) in [6, 6.07) is 2.95. The van der Waals surface area contributed by atoms with Crippen molar-refractivity contribution in [3.05, 3.63) is 18.0 Å². The molecule has 21 heavy (non-hydrogen) atoms. The van der Waals surface area contributed by atoms with Crippen LogP contribution in [0.4, 0.5) is 0 Å². The van der Waals surface area contributed by atoms with Crippen LogP contribution in [0.15, 0.2) is 12.3 Å². The van der Waals surface area contributed by atoms with E-state index in [-0.39, 0.29) is 11.9 Å². The van der Waals surface area contributed by atoms with Gasteiger partial charge in [0.05, 0.1) is 0 Å². The number of hydrogen-bond acceptors (Lipinski definition) is 3. The van der Waals surface area contributed by atoms with Gasteiger partial charge < -0.3 is 9.80 Å². The van der Waals surface area contributed by atoms with Crippen molar-refractivity contribution in [3.8, 4) is 0 Å². The third-order valence-electron chi connectivity index (χ3n) is 4.48. The van der Waals surface area contributed by atoms with Crippen molar-refractivity contribution in [2.75, 3.05) is 20.1 Å². The van der Waals surface area contributed by atoms with Crippen LogP contribution in [0.2, 0.25) is 0 Å².